The molecule has 0 saturated heterocycles. The molecule has 5 rings (SSSR count). The van der Waals surface area contributed by atoms with E-state index in [1.807, 2.05) is 36.4 Å². The highest BCUT2D eigenvalue weighted by molar-refractivity contribution is 5.84. The standard InChI is InChI=1S/C32H33N4/c1-21(2)32(22(3)4)24-13-17-28-30(19-24)36(27-9-7-6-8-10-27)31-20-26(16-18-29(31)33-28)35-34-25-14-11-23(5)12-15-25/h6-22,32H,1-5H3/q+1. The Bertz CT molecular complexity index is 1530. The minimum Gasteiger partial charge on any atom is -0.235 e. The molecular formula is C32H33N4+. The highest BCUT2D eigenvalue weighted by Crippen LogP contribution is 2.33. The largest absolute Gasteiger partial charge is 0.239 e. The van der Waals surface area contributed by atoms with Crippen LogP contribution in [0.1, 0.15) is 44.7 Å². The molecule has 0 spiro atoms. The van der Waals surface area contributed by atoms with Gasteiger partial charge >= 0.3 is 0 Å². The quantitative estimate of drug-likeness (QED) is 0.138. The van der Waals surface area contributed by atoms with E-state index in [1.165, 1.54) is 11.1 Å². The number of para-hydroxylation sites is 1. The van der Waals surface area contributed by atoms with E-state index in [0.717, 1.165) is 39.1 Å². The number of hydrogen-bond donors (Lipinski definition) is 0. The van der Waals surface area contributed by atoms with Gasteiger partial charge in [0.15, 0.2) is 0 Å². The summed E-state index contributed by atoms with van der Waals surface area (Å²) in [5, 5.41) is 9.01. The lowest BCUT2D eigenvalue weighted by molar-refractivity contribution is -0.538. The lowest BCUT2D eigenvalue weighted by Gasteiger charge is -2.25. The summed E-state index contributed by atoms with van der Waals surface area (Å²) in [5.74, 6) is 1.58. The second-order valence-electron chi connectivity index (χ2n) is 10.3. The summed E-state index contributed by atoms with van der Waals surface area (Å²) in [6.07, 6.45) is 0. The Morgan fingerprint density at radius 2 is 1.22 bits per heavy atom. The molecule has 4 heteroatoms. The zero-order valence-electron chi connectivity index (χ0n) is 21.7. The van der Waals surface area contributed by atoms with E-state index in [2.05, 4.69) is 104 Å². The molecule has 36 heavy (non-hydrogen) atoms. The molecule has 1 heterocycles. The van der Waals surface area contributed by atoms with Crippen LogP contribution >= 0.6 is 0 Å². The van der Waals surface area contributed by atoms with Gasteiger partial charge in [-0.25, -0.2) is 4.98 Å². The molecule has 1 aromatic heterocycles. The topological polar surface area (TPSA) is 41.5 Å². The van der Waals surface area contributed by atoms with Gasteiger partial charge in [-0.15, -0.1) is 4.57 Å². The number of rotatable bonds is 6. The van der Waals surface area contributed by atoms with Gasteiger partial charge in [0.05, 0.1) is 11.4 Å². The Balaban J connectivity index is 1.72. The summed E-state index contributed by atoms with van der Waals surface area (Å²) in [7, 11) is 0. The van der Waals surface area contributed by atoms with Crippen molar-refractivity contribution in [3.05, 3.63) is 102 Å². The molecule has 0 bridgehead atoms. The van der Waals surface area contributed by atoms with E-state index in [1.54, 1.807) is 0 Å². The van der Waals surface area contributed by atoms with Crippen molar-refractivity contribution in [2.24, 2.45) is 22.1 Å². The van der Waals surface area contributed by atoms with Crippen LogP contribution in [-0.4, -0.2) is 4.98 Å². The molecule has 5 aromatic rings. The first-order valence-electron chi connectivity index (χ1n) is 12.7. The summed E-state index contributed by atoms with van der Waals surface area (Å²) in [5.41, 5.74) is 9.32. The van der Waals surface area contributed by atoms with E-state index in [0.29, 0.717) is 17.8 Å². The fourth-order valence-corrected chi connectivity index (χ4v) is 5.25. The van der Waals surface area contributed by atoms with Crippen LogP contribution in [0.25, 0.3) is 27.8 Å². The van der Waals surface area contributed by atoms with Gasteiger partial charge in [-0.1, -0.05) is 69.7 Å². The average Bonchev–Trinajstić information content (AvgIpc) is 2.87. The van der Waals surface area contributed by atoms with Gasteiger partial charge in [-0.2, -0.15) is 10.2 Å². The van der Waals surface area contributed by atoms with Gasteiger partial charge in [-0.3, -0.25) is 0 Å². The maximum Gasteiger partial charge on any atom is 0.239 e. The third-order valence-corrected chi connectivity index (χ3v) is 6.83. The van der Waals surface area contributed by atoms with Crippen molar-refractivity contribution in [1.29, 1.82) is 0 Å². The van der Waals surface area contributed by atoms with E-state index in [9.17, 15) is 0 Å². The molecule has 4 aromatic carbocycles. The van der Waals surface area contributed by atoms with Crippen LogP contribution in [0.3, 0.4) is 0 Å². The SMILES string of the molecule is Cc1ccc(/N=N\c2ccc3nc4ccc(C(C(C)C)C(C)C)cc4[n+](-c4ccccc4)c3c2)cc1. The Labute approximate surface area is 213 Å². The highest BCUT2D eigenvalue weighted by Gasteiger charge is 2.24. The normalized spacial score (nSPS) is 12.1. The number of hydrogen-bond acceptors (Lipinski definition) is 3. The first kappa shape index (κ1) is 23.8. The van der Waals surface area contributed by atoms with Crippen LogP contribution in [0.5, 0.6) is 0 Å². The minimum atomic E-state index is 0.476. The summed E-state index contributed by atoms with van der Waals surface area (Å²) in [4.78, 5) is 5.03. The van der Waals surface area contributed by atoms with Gasteiger partial charge in [0.25, 0.3) is 0 Å². The molecule has 0 unspecified atom stereocenters. The lowest BCUT2D eigenvalue weighted by Crippen LogP contribution is -2.33. The van der Waals surface area contributed by atoms with Crippen LogP contribution < -0.4 is 4.57 Å². The second-order valence-corrected chi connectivity index (χ2v) is 10.3. The number of aryl methyl sites for hydroxylation is 1. The van der Waals surface area contributed by atoms with Crippen molar-refractivity contribution >= 4 is 33.4 Å². The predicted octanol–water partition coefficient (Wildman–Crippen LogP) is 8.78. The van der Waals surface area contributed by atoms with Crippen LogP contribution in [0.15, 0.2) is 101 Å². The summed E-state index contributed by atoms with van der Waals surface area (Å²) < 4.78 is 2.31. The molecule has 0 aliphatic rings. The van der Waals surface area contributed by atoms with Gasteiger partial charge in [0, 0.05) is 24.3 Å². The molecule has 0 amide bonds. The summed E-state index contributed by atoms with van der Waals surface area (Å²) >= 11 is 0. The number of benzene rings is 4. The van der Waals surface area contributed by atoms with Crippen molar-refractivity contribution in [2.75, 3.05) is 0 Å². The Morgan fingerprint density at radius 3 is 1.89 bits per heavy atom. The zero-order valence-corrected chi connectivity index (χ0v) is 21.7. The van der Waals surface area contributed by atoms with Crippen molar-refractivity contribution in [3.8, 4) is 5.69 Å². The maximum absolute atomic E-state index is 5.03. The number of nitrogens with zero attached hydrogens (tertiary/aromatic N) is 4. The number of aromatic nitrogens is 2. The van der Waals surface area contributed by atoms with Crippen molar-refractivity contribution in [2.45, 2.75) is 40.5 Å². The molecule has 4 nitrogen and oxygen atoms in total. The van der Waals surface area contributed by atoms with Gasteiger partial charge in [0.2, 0.25) is 16.7 Å². The fourth-order valence-electron chi connectivity index (χ4n) is 5.25. The smallest absolute Gasteiger partial charge is 0.235 e. The van der Waals surface area contributed by atoms with E-state index in [4.69, 9.17) is 4.98 Å². The fraction of sp³-hybridized carbons (Fsp3) is 0.250. The first-order chi connectivity index (χ1) is 17.4. The van der Waals surface area contributed by atoms with Crippen LogP contribution in [-0.2, 0) is 0 Å². The van der Waals surface area contributed by atoms with Crippen molar-refractivity contribution < 1.29 is 4.57 Å². The van der Waals surface area contributed by atoms with Gasteiger partial charge in [-0.05, 0) is 60.6 Å². The monoisotopic (exact) mass is 473 g/mol. The van der Waals surface area contributed by atoms with Gasteiger partial charge < -0.3 is 0 Å². The molecule has 0 N–H and O–H groups in total. The predicted molar refractivity (Wildman–Crippen MR) is 149 cm³/mol. The molecule has 0 radical (unpaired) electrons. The molecule has 0 atom stereocenters. The van der Waals surface area contributed by atoms with Crippen LogP contribution in [0.2, 0.25) is 0 Å². The molecular weight excluding hydrogens is 440 g/mol. The Kier molecular flexibility index (Phi) is 6.60. The highest BCUT2D eigenvalue weighted by atomic mass is 15.1. The molecule has 180 valence electrons. The third kappa shape index (κ3) is 4.76. The first-order valence-corrected chi connectivity index (χ1v) is 12.7. The maximum atomic E-state index is 5.03. The average molecular weight is 474 g/mol. The summed E-state index contributed by atoms with van der Waals surface area (Å²) in [6.45, 7) is 11.3. The molecule has 0 saturated carbocycles. The van der Waals surface area contributed by atoms with Crippen LogP contribution in [0, 0.1) is 18.8 Å². The lowest BCUT2D eigenvalue weighted by atomic mass is 9.80. The van der Waals surface area contributed by atoms with Crippen molar-refractivity contribution in [1.82, 2.24) is 4.98 Å². The minimum absolute atomic E-state index is 0.476. The van der Waals surface area contributed by atoms with Gasteiger partial charge in [0.1, 0.15) is 11.0 Å². The van der Waals surface area contributed by atoms with E-state index >= 15 is 0 Å². The van der Waals surface area contributed by atoms with E-state index < -0.39 is 0 Å². The molecule has 0 aliphatic carbocycles. The second kappa shape index (κ2) is 9.98. The van der Waals surface area contributed by atoms with Crippen LogP contribution in [0.4, 0.5) is 11.4 Å². The molecule has 0 fully saturated rings. The van der Waals surface area contributed by atoms with E-state index in [-0.39, 0.29) is 0 Å². The number of fused-ring (bicyclic) bond motifs is 2. The number of azo groups is 1. The third-order valence-electron chi connectivity index (χ3n) is 6.83. The Morgan fingerprint density at radius 1 is 0.639 bits per heavy atom. The summed E-state index contributed by atoms with van der Waals surface area (Å²) in [6, 6.07) is 31.4. The zero-order chi connectivity index (χ0) is 25.2. The molecule has 0 aliphatic heterocycles. The van der Waals surface area contributed by atoms with Crippen molar-refractivity contribution in [3.63, 3.8) is 0 Å². The Hall–Kier alpha value is -3.92.